The molecular weight excluding hydrogens is 411 g/mol. The summed E-state index contributed by atoms with van der Waals surface area (Å²) in [4.78, 5) is 21.3. The Morgan fingerprint density at radius 2 is 1.93 bits per heavy atom. The fraction of sp³-hybridized carbons (Fsp3) is 0.318. The third-order valence-corrected chi connectivity index (χ3v) is 6.15. The van der Waals surface area contributed by atoms with Gasteiger partial charge in [0.25, 0.3) is 11.2 Å². The number of benzene rings is 1. The van der Waals surface area contributed by atoms with E-state index in [1.165, 1.54) is 15.9 Å². The Balaban J connectivity index is 2.30. The molecule has 156 valence electrons. The van der Waals surface area contributed by atoms with E-state index < -0.39 is 23.0 Å². The Labute approximate surface area is 176 Å². The summed E-state index contributed by atoms with van der Waals surface area (Å²) in [5.74, 6) is 0.196. The maximum atomic E-state index is 13.6. The first-order valence-corrected chi connectivity index (χ1v) is 10.1. The van der Waals surface area contributed by atoms with Gasteiger partial charge in [-0.25, -0.2) is 9.83 Å². The van der Waals surface area contributed by atoms with E-state index in [-0.39, 0.29) is 18.2 Å². The zero-order chi connectivity index (χ0) is 22.2. The number of alkyl halides is 3. The molecule has 2 heterocycles. The second-order valence-corrected chi connectivity index (χ2v) is 8.49. The first kappa shape index (κ1) is 21.8. The van der Waals surface area contributed by atoms with E-state index in [2.05, 4.69) is 9.83 Å². The highest BCUT2D eigenvalue weighted by atomic mass is 32.1. The van der Waals surface area contributed by atoms with Crippen LogP contribution in [0.5, 0.6) is 0 Å². The minimum absolute atomic E-state index is 0.0545. The van der Waals surface area contributed by atoms with Gasteiger partial charge in [-0.2, -0.15) is 13.2 Å². The first-order chi connectivity index (χ1) is 14.0. The van der Waals surface area contributed by atoms with E-state index in [9.17, 15) is 18.0 Å². The molecule has 0 aliphatic rings. The lowest BCUT2D eigenvalue weighted by molar-refractivity contribution is -0.136. The Morgan fingerprint density at radius 3 is 2.47 bits per heavy atom. The third-order valence-electron chi connectivity index (χ3n) is 4.71. The van der Waals surface area contributed by atoms with Crippen molar-refractivity contribution in [2.75, 3.05) is 0 Å². The normalized spacial score (nSPS) is 11.7. The van der Waals surface area contributed by atoms with E-state index in [0.717, 1.165) is 27.2 Å². The van der Waals surface area contributed by atoms with E-state index in [0.29, 0.717) is 5.56 Å². The smallest absolute Gasteiger partial charge is 0.312 e. The van der Waals surface area contributed by atoms with Gasteiger partial charge in [0, 0.05) is 16.5 Å². The average Bonchev–Trinajstić information content (AvgIpc) is 3.03. The van der Waals surface area contributed by atoms with Gasteiger partial charge in [-0.15, -0.1) is 11.3 Å². The lowest BCUT2D eigenvalue weighted by Crippen LogP contribution is -2.25. The van der Waals surface area contributed by atoms with Crippen molar-refractivity contribution >= 4 is 17.0 Å². The molecular formula is C22H20F3N3OS. The number of thiazole rings is 1. The van der Waals surface area contributed by atoms with Crippen LogP contribution in [0.2, 0.25) is 0 Å². The molecule has 30 heavy (non-hydrogen) atoms. The van der Waals surface area contributed by atoms with Crippen LogP contribution in [0, 0.1) is 20.4 Å². The van der Waals surface area contributed by atoms with Gasteiger partial charge in [-0.1, -0.05) is 37.6 Å². The number of aryl methyl sites for hydroxylation is 2. The fourth-order valence-corrected chi connectivity index (χ4v) is 4.21. The van der Waals surface area contributed by atoms with E-state index in [1.54, 1.807) is 18.2 Å². The molecule has 2 aromatic heterocycles. The summed E-state index contributed by atoms with van der Waals surface area (Å²) < 4.78 is 42.1. The Morgan fingerprint density at radius 1 is 1.23 bits per heavy atom. The molecule has 0 amide bonds. The Bertz CT molecular complexity index is 1200. The van der Waals surface area contributed by atoms with Crippen molar-refractivity contribution in [1.29, 1.82) is 0 Å². The number of hydrogen-bond donors (Lipinski definition) is 0. The minimum Gasteiger partial charge on any atom is -0.312 e. The maximum absolute atomic E-state index is 13.6. The summed E-state index contributed by atoms with van der Waals surface area (Å²) >= 11 is 1.43. The van der Waals surface area contributed by atoms with Gasteiger partial charge in [0.2, 0.25) is 0 Å². The minimum atomic E-state index is -4.80. The summed E-state index contributed by atoms with van der Waals surface area (Å²) in [6.45, 7) is 14.9. The quantitative estimate of drug-likeness (QED) is 0.453. The lowest BCUT2D eigenvalue weighted by atomic mass is 10.0. The van der Waals surface area contributed by atoms with Gasteiger partial charge >= 0.3 is 6.18 Å². The molecule has 0 unspecified atom stereocenters. The summed E-state index contributed by atoms with van der Waals surface area (Å²) in [6, 6.07) is 7.84. The highest BCUT2D eigenvalue weighted by Gasteiger charge is 2.36. The summed E-state index contributed by atoms with van der Waals surface area (Å²) in [6.07, 6.45) is -4.80. The van der Waals surface area contributed by atoms with Crippen molar-refractivity contribution in [2.24, 2.45) is 0 Å². The molecule has 4 nitrogen and oxygen atoms in total. The van der Waals surface area contributed by atoms with Gasteiger partial charge in [-0.3, -0.25) is 4.79 Å². The van der Waals surface area contributed by atoms with Crippen molar-refractivity contribution in [3.63, 3.8) is 0 Å². The van der Waals surface area contributed by atoms with Gasteiger partial charge in [0.05, 0.1) is 29.4 Å². The van der Waals surface area contributed by atoms with Crippen LogP contribution >= 0.6 is 11.3 Å². The lowest BCUT2D eigenvalue weighted by Gasteiger charge is -2.18. The molecule has 0 radical (unpaired) electrons. The standard InChI is InChI=1S/C22H20F3N3OS/c1-12(2)20-27-14(4)18(30-20)11-28-17(15-8-6-7-13(3)9-15)10-16(22(23,24)25)19(26-5)21(28)29/h6-10,12H,11H2,1-4H3. The van der Waals surface area contributed by atoms with Gasteiger partial charge in [0.15, 0.2) is 0 Å². The summed E-state index contributed by atoms with van der Waals surface area (Å²) in [7, 11) is 0. The number of nitrogens with zero attached hydrogens (tertiary/aromatic N) is 3. The number of pyridine rings is 1. The van der Waals surface area contributed by atoms with Crippen LogP contribution in [-0.2, 0) is 12.7 Å². The van der Waals surface area contributed by atoms with E-state index in [1.807, 2.05) is 33.8 Å². The molecule has 0 bridgehead atoms. The molecule has 0 saturated carbocycles. The van der Waals surface area contributed by atoms with Crippen LogP contribution in [0.4, 0.5) is 18.9 Å². The molecule has 3 rings (SSSR count). The maximum Gasteiger partial charge on any atom is 0.407 e. The van der Waals surface area contributed by atoms with Crippen molar-refractivity contribution in [1.82, 2.24) is 9.55 Å². The average molecular weight is 431 g/mol. The van der Waals surface area contributed by atoms with Crippen molar-refractivity contribution in [2.45, 2.75) is 46.3 Å². The zero-order valence-electron chi connectivity index (χ0n) is 17.0. The number of rotatable bonds is 4. The largest absolute Gasteiger partial charge is 0.407 e. The molecule has 0 aliphatic carbocycles. The van der Waals surface area contributed by atoms with Crippen molar-refractivity contribution < 1.29 is 13.2 Å². The molecule has 0 saturated heterocycles. The molecule has 0 atom stereocenters. The van der Waals surface area contributed by atoms with Crippen molar-refractivity contribution in [3.8, 4) is 11.3 Å². The van der Waals surface area contributed by atoms with Crippen LogP contribution in [0.15, 0.2) is 35.1 Å². The predicted molar refractivity (Wildman–Crippen MR) is 112 cm³/mol. The first-order valence-electron chi connectivity index (χ1n) is 9.28. The zero-order valence-corrected chi connectivity index (χ0v) is 17.8. The molecule has 0 fully saturated rings. The molecule has 0 spiro atoms. The summed E-state index contributed by atoms with van der Waals surface area (Å²) in [5.41, 5.74) is -0.873. The number of hydrogen-bond acceptors (Lipinski definition) is 3. The molecule has 0 aliphatic heterocycles. The molecule has 8 heteroatoms. The Kier molecular flexibility index (Phi) is 5.86. The second-order valence-electron chi connectivity index (χ2n) is 7.38. The highest BCUT2D eigenvalue weighted by molar-refractivity contribution is 7.11. The fourth-order valence-electron chi connectivity index (χ4n) is 3.15. The van der Waals surface area contributed by atoms with Crippen LogP contribution in [0.1, 0.15) is 46.5 Å². The van der Waals surface area contributed by atoms with Gasteiger partial charge in [0.1, 0.15) is 0 Å². The molecule has 1 aromatic carbocycles. The Hall–Kier alpha value is -2.92. The molecule has 0 N–H and O–H groups in total. The van der Waals surface area contributed by atoms with E-state index in [4.69, 9.17) is 6.57 Å². The monoisotopic (exact) mass is 431 g/mol. The number of aromatic nitrogens is 2. The SMILES string of the molecule is [C-]#[N+]c1c(C(F)(F)F)cc(-c2cccc(C)c2)n(Cc2sc(C(C)C)nc2C)c1=O. The summed E-state index contributed by atoms with van der Waals surface area (Å²) in [5, 5.41) is 0.893. The topological polar surface area (TPSA) is 39.2 Å². The van der Waals surface area contributed by atoms with Crippen LogP contribution in [0.25, 0.3) is 16.1 Å². The van der Waals surface area contributed by atoms with Crippen molar-refractivity contribution in [3.05, 3.63) is 78.8 Å². The highest BCUT2D eigenvalue weighted by Crippen LogP contribution is 2.37. The second kappa shape index (κ2) is 8.07. The van der Waals surface area contributed by atoms with Gasteiger partial charge < -0.3 is 4.57 Å². The number of halogens is 3. The van der Waals surface area contributed by atoms with Crippen LogP contribution < -0.4 is 5.56 Å². The van der Waals surface area contributed by atoms with Crippen LogP contribution in [-0.4, -0.2) is 9.55 Å². The molecule has 3 aromatic rings. The third kappa shape index (κ3) is 4.17. The van der Waals surface area contributed by atoms with E-state index >= 15 is 0 Å². The van der Waals surface area contributed by atoms with Crippen LogP contribution in [0.3, 0.4) is 0 Å². The predicted octanol–water partition coefficient (Wildman–Crippen LogP) is 6.33. The van der Waals surface area contributed by atoms with Gasteiger partial charge in [-0.05, 0) is 31.5 Å².